The number of nitrogens with two attached hydrogens (primary N) is 1. The topological polar surface area (TPSA) is 43.8 Å². The van der Waals surface area contributed by atoms with Crippen LogP contribution in [-0.4, -0.2) is 21.6 Å². The van der Waals surface area contributed by atoms with Crippen molar-refractivity contribution in [2.75, 3.05) is 17.7 Å². The van der Waals surface area contributed by atoms with Gasteiger partial charge in [0.05, 0.1) is 11.0 Å². The molecule has 0 spiro atoms. The van der Waals surface area contributed by atoms with Gasteiger partial charge >= 0.3 is 0 Å². The first-order chi connectivity index (χ1) is 9.26. The van der Waals surface area contributed by atoms with E-state index in [1.54, 1.807) is 0 Å². The molecule has 0 bridgehead atoms. The number of nitrogen functional groups attached to an aromatic ring is 1. The molecule has 104 valence electrons. The number of fused-ring (bicyclic) bond motifs is 1. The summed E-state index contributed by atoms with van der Waals surface area (Å²) in [7, 11) is 0. The normalized spacial score (nSPS) is 11.3. The second-order valence-corrected chi connectivity index (χ2v) is 5.86. The van der Waals surface area contributed by atoms with Crippen LogP contribution in [0, 0.1) is 0 Å². The lowest BCUT2D eigenvalue weighted by molar-refractivity contribution is 0.614. The number of hydrogen-bond acceptors (Lipinski definition) is 3. The lowest BCUT2D eigenvalue weighted by Crippen LogP contribution is -2.04. The lowest BCUT2D eigenvalue weighted by atomic mass is 10.2. The first-order valence-corrected chi connectivity index (χ1v) is 8.39. The van der Waals surface area contributed by atoms with Crippen molar-refractivity contribution in [1.82, 2.24) is 9.55 Å². The predicted molar refractivity (Wildman–Crippen MR) is 85.8 cm³/mol. The van der Waals surface area contributed by atoms with Gasteiger partial charge in [-0.2, -0.15) is 11.8 Å². The van der Waals surface area contributed by atoms with Gasteiger partial charge in [-0.1, -0.05) is 6.92 Å². The van der Waals surface area contributed by atoms with Gasteiger partial charge in [0, 0.05) is 18.7 Å². The zero-order valence-corrected chi connectivity index (χ0v) is 12.7. The first kappa shape index (κ1) is 14.3. The highest BCUT2D eigenvalue weighted by Gasteiger charge is 2.09. The molecule has 0 unspecified atom stereocenters. The van der Waals surface area contributed by atoms with Crippen molar-refractivity contribution in [2.24, 2.45) is 0 Å². The van der Waals surface area contributed by atoms with Crippen LogP contribution in [0.3, 0.4) is 0 Å². The minimum atomic E-state index is 0.794. The minimum absolute atomic E-state index is 0.794. The minimum Gasteiger partial charge on any atom is -0.399 e. The van der Waals surface area contributed by atoms with Gasteiger partial charge in [-0.15, -0.1) is 0 Å². The van der Waals surface area contributed by atoms with Crippen molar-refractivity contribution in [2.45, 2.75) is 39.2 Å². The molecule has 0 radical (unpaired) electrons. The third-order valence-corrected chi connectivity index (χ3v) is 4.00. The molecular weight excluding hydrogens is 254 g/mol. The summed E-state index contributed by atoms with van der Waals surface area (Å²) in [6.45, 7) is 3.27. The largest absolute Gasteiger partial charge is 0.399 e. The van der Waals surface area contributed by atoms with Gasteiger partial charge in [-0.25, -0.2) is 4.98 Å². The quantitative estimate of drug-likeness (QED) is 0.619. The molecule has 1 aromatic carbocycles. The highest BCUT2D eigenvalue weighted by atomic mass is 32.2. The van der Waals surface area contributed by atoms with Crippen molar-refractivity contribution < 1.29 is 0 Å². The molecule has 3 nitrogen and oxygen atoms in total. The molecule has 0 aliphatic rings. The van der Waals surface area contributed by atoms with Crippen LogP contribution in [0.15, 0.2) is 18.2 Å². The fraction of sp³-hybridized carbons (Fsp3) is 0.533. The predicted octanol–water partition coefficient (Wildman–Crippen LogP) is 3.71. The van der Waals surface area contributed by atoms with Crippen LogP contribution in [0.5, 0.6) is 0 Å². The maximum absolute atomic E-state index is 5.84. The average Bonchev–Trinajstić information content (AvgIpc) is 2.72. The number of rotatable bonds is 7. The van der Waals surface area contributed by atoms with Crippen LogP contribution in [0.25, 0.3) is 11.0 Å². The third-order valence-electron chi connectivity index (χ3n) is 3.31. The molecule has 2 rings (SSSR count). The molecule has 0 fully saturated rings. The molecule has 1 heterocycles. The van der Waals surface area contributed by atoms with Crippen LogP contribution in [0.4, 0.5) is 5.69 Å². The van der Waals surface area contributed by atoms with E-state index in [4.69, 9.17) is 10.7 Å². The highest BCUT2D eigenvalue weighted by Crippen LogP contribution is 2.21. The first-order valence-electron chi connectivity index (χ1n) is 6.99. The van der Waals surface area contributed by atoms with Gasteiger partial charge in [-0.05, 0) is 49.5 Å². The molecule has 0 saturated heterocycles. The molecule has 2 N–H and O–H groups in total. The van der Waals surface area contributed by atoms with Gasteiger partial charge in [-0.3, -0.25) is 0 Å². The van der Waals surface area contributed by atoms with Crippen molar-refractivity contribution in [3.05, 3.63) is 24.0 Å². The second kappa shape index (κ2) is 6.85. The number of unbranched alkanes of at least 4 members (excludes halogenated alkanes) is 1. The van der Waals surface area contributed by atoms with E-state index in [0.29, 0.717) is 0 Å². The Morgan fingerprint density at radius 1 is 1.32 bits per heavy atom. The van der Waals surface area contributed by atoms with E-state index in [9.17, 15) is 0 Å². The van der Waals surface area contributed by atoms with Gasteiger partial charge in [0.2, 0.25) is 0 Å². The fourth-order valence-electron chi connectivity index (χ4n) is 2.38. The van der Waals surface area contributed by atoms with Crippen LogP contribution in [0.2, 0.25) is 0 Å². The SMILES string of the molecule is CCCc1nc2cc(N)ccc2n1CCCCSC. The Hall–Kier alpha value is -1.16. The van der Waals surface area contributed by atoms with Crippen LogP contribution < -0.4 is 5.73 Å². The van der Waals surface area contributed by atoms with E-state index in [0.717, 1.165) is 30.6 Å². The van der Waals surface area contributed by atoms with Gasteiger partial charge in [0.25, 0.3) is 0 Å². The number of aromatic nitrogens is 2. The second-order valence-electron chi connectivity index (χ2n) is 4.88. The van der Waals surface area contributed by atoms with Crippen LogP contribution >= 0.6 is 11.8 Å². The maximum atomic E-state index is 5.84. The molecule has 0 saturated carbocycles. The summed E-state index contributed by atoms with van der Waals surface area (Å²) in [4.78, 5) is 4.74. The summed E-state index contributed by atoms with van der Waals surface area (Å²) >= 11 is 1.92. The summed E-state index contributed by atoms with van der Waals surface area (Å²) in [6.07, 6.45) is 6.81. The highest BCUT2D eigenvalue weighted by molar-refractivity contribution is 7.98. The van der Waals surface area contributed by atoms with Crippen molar-refractivity contribution in [3.63, 3.8) is 0 Å². The number of nitrogens with zero attached hydrogens (tertiary/aromatic N) is 2. The monoisotopic (exact) mass is 277 g/mol. The van der Waals surface area contributed by atoms with Crippen molar-refractivity contribution >= 4 is 28.5 Å². The summed E-state index contributed by atoms with van der Waals surface area (Å²) in [5.41, 5.74) is 8.90. The molecule has 2 aromatic rings. The summed E-state index contributed by atoms with van der Waals surface area (Å²) in [5, 5.41) is 0. The Kier molecular flexibility index (Phi) is 5.14. The van der Waals surface area contributed by atoms with Crippen LogP contribution in [0.1, 0.15) is 32.0 Å². The molecule has 0 amide bonds. The number of aryl methyl sites for hydroxylation is 2. The van der Waals surface area contributed by atoms with Gasteiger partial charge in [0.1, 0.15) is 5.82 Å². The van der Waals surface area contributed by atoms with Crippen molar-refractivity contribution in [3.8, 4) is 0 Å². The molecule has 0 atom stereocenters. The van der Waals surface area contributed by atoms with E-state index >= 15 is 0 Å². The third kappa shape index (κ3) is 3.44. The van der Waals surface area contributed by atoms with E-state index in [1.807, 2.05) is 23.9 Å². The van der Waals surface area contributed by atoms with E-state index in [2.05, 4.69) is 23.8 Å². The molecule has 1 aromatic heterocycles. The maximum Gasteiger partial charge on any atom is 0.109 e. The Balaban J connectivity index is 2.24. The van der Waals surface area contributed by atoms with E-state index in [1.165, 1.54) is 29.9 Å². The lowest BCUT2D eigenvalue weighted by Gasteiger charge is -2.08. The molecule has 0 aliphatic carbocycles. The Morgan fingerprint density at radius 3 is 2.89 bits per heavy atom. The summed E-state index contributed by atoms with van der Waals surface area (Å²) in [5.74, 6) is 2.44. The van der Waals surface area contributed by atoms with Gasteiger partial charge < -0.3 is 10.3 Å². The number of thioether (sulfide) groups is 1. The standard InChI is InChI=1S/C15H23N3S/c1-3-6-15-17-13-11-12(16)7-8-14(13)18(15)9-4-5-10-19-2/h7-8,11H,3-6,9-10,16H2,1-2H3. The van der Waals surface area contributed by atoms with Crippen LogP contribution in [-0.2, 0) is 13.0 Å². The fourth-order valence-corrected chi connectivity index (χ4v) is 2.87. The van der Waals surface area contributed by atoms with E-state index in [-0.39, 0.29) is 0 Å². The van der Waals surface area contributed by atoms with Gasteiger partial charge in [0.15, 0.2) is 0 Å². The number of anilines is 1. The molecule has 19 heavy (non-hydrogen) atoms. The Morgan fingerprint density at radius 2 is 2.16 bits per heavy atom. The number of imidazole rings is 1. The Bertz CT molecular complexity index is 533. The summed E-state index contributed by atoms with van der Waals surface area (Å²) in [6, 6.07) is 6.05. The number of hydrogen-bond donors (Lipinski definition) is 1. The molecule has 0 aliphatic heterocycles. The van der Waals surface area contributed by atoms with Crippen molar-refractivity contribution in [1.29, 1.82) is 0 Å². The zero-order valence-electron chi connectivity index (χ0n) is 11.9. The zero-order chi connectivity index (χ0) is 13.7. The Labute approximate surface area is 119 Å². The van der Waals surface area contributed by atoms with E-state index < -0.39 is 0 Å². The molecule has 4 heteroatoms. The molecular formula is C15H23N3S. The smallest absolute Gasteiger partial charge is 0.109 e. The average molecular weight is 277 g/mol. The summed E-state index contributed by atoms with van der Waals surface area (Å²) < 4.78 is 2.37. The number of benzene rings is 1.